The summed E-state index contributed by atoms with van der Waals surface area (Å²) in [4.78, 5) is 26.1. The Balaban J connectivity index is 2.02. The Morgan fingerprint density at radius 1 is 1.00 bits per heavy atom. The van der Waals surface area contributed by atoms with Crippen molar-refractivity contribution in [3.8, 4) is 0 Å². The molecule has 0 fully saturated rings. The van der Waals surface area contributed by atoms with Gasteiger partial charge in [-0.2, -0.15) is 0 Å². The molecule has 0 radical (unpaired) electrons. The molecule has 0 aromatic heterocycles. The van der Waals surface area contributed by atoms with E-state index in [1.807, 2.05) is 25.1 Å². The average molecular weight is 367 g/mol. The number of anilines is 1. The van der Waals surface area contributed by atoms with Crippen LogP contribution in [0, 0.1) is 6.92 Å². The summed E-state index contributed by atoms with van der Waals surface area (Å²) in [6, 6.07) is 13.6. The number of carbonyl (C=O) groups excluding carboxylic acids is 2. The van der Waals surface area contributed by atoms with Crippen LogP contribution in [0.4, 0.5) is 5.69 Å². The molecule has 0 heterocycles. The molecule has 0 atom stereocenters. The van der Waals surface area contributed by atoms with Crippen LogP contribution in [0.25, 0.3) is 0 Å². The van der Waals surface area contributed by atoms with E-state index < -0.39 is 0 Å². The molecule has 0 aliphatic carbocycles. The Morgan fingerprint density at radius 3 is 2.37 bits per heavy atom. The topological polar surface area (TPSA) is 61.4 Å². The van der Waals surface area contributed by atoms with E-state index in [2.05, 4.69) is 41.5 Å². The van der Waals surface area contributed by atoms with Crippen molar-refractivity contribution in [3.05, 3.63) is 64.7 Å². The van der Waals surface area contributed by atoms with Gasteiger partial charge in [0.25, 0.3) is 5.91 Å². The van der Waals surface area contributed by atoms with E-state index >= 15 is 0 Å². The zero-order valence-electron chi connectivity index (χ0n) is 16.6. The Bertz CT molecular complexity index is 798. The first-order valence-electron chi connectivity index (χ1n) is 9.39. The lowest BCUT2D eigenvalue weighted by Crippen LogP contribution is -2.24. The Morgan fingerprint density at radius 2 is 1.70 bits per heavy atom. The van der Waals surface area contributed by atoms with Gasteiger partial charge in [0, 0.05) is 31.3 Å². The minimum atomic E-state index is -0.157. The summed E-state index contributed by atoms with van der Waals surface area (Å²) in [7, 11) is 0. The molecule has 0 aliphatic heterocycles. The van der Waals surface area contributed by atoms with E-state index in [1.165, 1.54) is 12.5 Å². The first kappa shape index (κ1) is 20.6. The van der Waals surface area contributed by atoms with Crippen LogP contribution in [0.5, 0.6) is 0 Å². The lowest BCUT2D eigenvalue weighted by Gasteiger charge is -2.18. The van der Waals surface area contributed by atoms with Crippen LogP contribution in [0.15, 0.2) is 42.5 Å². The minimum absolute atomic E-state index is 0.152. The summed E-state index contributed by atoms with van der Waals surface area (Å²) in [6.45, 7) is 11.1. The molecule has 2 rings (SSSR count). The van der Waals surface area contributed by atoms with E-state index in [1.54, 1.807) is 12.1 Å². The van der Waals surface area contributed by atoms with E-state index in [9.17, 15) is 9.59 Å². The maximum atomic E-state index is 12.5. The third kappa shape index (κ3) is 6.22. The van der Waals surface area contributed by atoms with Crippen molar-refractivity contribution in [1.29, 1.82) is 0 Å². The number of hydrogen-bond acceptors (Lipinski definition) is 3. The first-order chi connectivity index (χ1) is 12.9. The molecule has 27 heavy (non-hydrogen) atoms. The molecule has 0 saturated carbocycles. The molecule has 0 saturated heterocycles. The normalized spacial score (nSPS) is 10.7. The van der Waals surface area contributed by atoms with Gasteiger partial charge in [-0.15, -0.1) is 0 Å². The summed E-state index contributed by atoms with van der Waals surface area (Å²) in [6.07, 6.45) is 0. The summed E-state index contributed by atoms with van der Waals surface area (Å²) in [5, 5.41) is 5.71. The largest absolute Gasteiger partial charge is 0.348 e. The molecule has 5 heteroatoms. The quantitative estimate of drug-likeness (QED) is 0.747. The smallest absolute Gasteiger partial charge is 0.251 e. The number of nitrogens with one attached hydrogen (secondary N) is 2. The van der Waals surface area contributed by atoms with Crippen LogP contribution in [-0.4, -0.2) is 29.8 Å². The van der Waals surface area contributed by atoms with Crippen molar-refractivity contribution >= 4 is 17.5 Å². The third-order valence-electron chi connectivity index (χ3n) is 4.56. The van der Waals surface area contributed by atoms with Gasteiger partial charge < -0.3 is 10.6 Å². The van der Waals surface area contributed by atoms with E-state index in [0.29, 0.717) is 17.8 Å². The molecule has 2 aromatic rings. The lowest BCUT2D eigenvalue weighted by atomic mass is 10.1. The monoisotopic (exact) mass is 367 g/mol. The van der Waals surface area contributed by atoms with Crippen molar-refractivity contribution in [2.75, 3.05) is 18.4 Å². The SMILES string of the molecule is CCN(CC)Cc1cccc(CNC(=O)c2ccc(C)c(NC(C)=O)c2)c1. The zero-order chi connectivity index (χ0) is 19.8. The molecule has 0 bridgehead atoms. The molecule has 2 N–H and O–H groups in total. The maximum Gasteiger partial charge on any atom is 0.251 e. The maximum absolute atomic E-state index is 12.5. The highest BCUT2D eigenvalue weighted by Crippen LogP contribution is 2.17. The summed E-state index contributed by atoms with van der Waals surface area (Å²) >= 11 is 0. The highest BCUT2D eigenvalue weighted by molar-refractivity contribution is 5.97. The molecule has 2 amide bonds. The molecular weight excluding hydrogens is 338 g/mol. The molecule has 2 aromatic carbocycles. The summed E-state index contributed by atoms with van der Waals surface area (Å²) in [5.41, 5.74) is 4.43. The lowest BCUT2D eigenvalue weighted by molar-refractivity contribution is -0.114. The van der Waals surface area contributed by atoms with Crippen LogP contribution < -0.4 is 10.6 Å². The number of aryl methyl sites for hydroxylation is 1. The van der Waals surface area contributed by atoms with Crippen LogP contribution in [0.3, 0.4) is 0 Å². The molecule has 5 nitrogen and oxygen atoms in total. The highest BCUT2D eigenvalue weighted by atomic mass is 16.2. The van der Waals surface area contributed by atoms with Crippen LogP contribution in [0.1, 0.15) is 47.8 Å². The van der Waals surface area contributed by atoms with Crippen molar-refractivity contribution in [2.24, 2.45) is 0 Å². The van der Waals surface area contributed by atoms with Gasteiger partial charge in [0.15, 0.2) is 0 Å². The van der Waals surface area contributed by atoms with Crippen molar-refractivity contribution in [1.82, 2.24) is 10.2 Å². The van der Waals surface area contributed by atoms with Gasteiger partial charge in [-0.1, -0.05) is 44.2 Å². The van der Waals surface area contributed by atoms with Crippen molar-refractivity contribution in [2.45, 2.75) is 40.8 Å². The Labute approximate surface area is 161 Å². The van der Waals surface area contributed by atoms with Gasteiger partial charge in [-0.25, -0.2) is 0 Å². The third-order valence-corrected chi connectivity index (χ3v) is 4.56. The van der Waals surface area contributed by atoms with E-state index in [-0.39, 0.29) is 11.8 Å². The Kier molecular flexibility index (Phi) is 7.55. The minimum Gasteiger partial charge on any atom is -0.348 e. The number of benzene rings is 2. The second-order valence-electron chi connectivity index (χ2n) is 6.67. The summed E-state index contributed by atoms with van der Waals surface area (Å²) < 4.78 is 0. The van der Waals surface area contributed by atoms with Crippen LogP contribution >= 0.6 is 0 Å². The molecule has 0 spiro atoms. The Hall–Kier alpha value is -2.66. The molecule has 144 valence electrons. The number of hydrogen-bond donors (Lipinski definition) is 2. The number of carbonyl (C=O) groups is 2. The number of nitrogens with zero attached hydrogens (tertiary/aromatic N) is 1. The molecule has 0 unspecified atom stereocenters. The summed E-state index contributed by atoms with van der Waals surface area (Å²) in [5.74, 6) is -0.309. The van der Waals surface area contributed by atoms with Gasteiger partial charge in [0.1, 0.15) is 0 Å². The van der Waals surface area contributed by atoms with Crippen LogP contribution in [0.2, 0.25) is 0 Å². The number of amides is 2. The second kappa shape index (κ2) is 9.88. The second-order valence-corrected chi connectivity index (χ2v) is 6.67. The fraction of sp³-hybridized carbons (Fsp3) is 0.364. The molecular formula is C22H29N3O2. The van der Waals surface area contributed by atoms with Crippen LogP contribution in [-0.2, 0) is 17.9 Å². The van der Waals surface area contributed by atoms with Gasteiger partial charge in [-0.05, 0) is 48.8 Å². The number of rotatable bonds is 8. The fourth-order valence-electron chi connectivity index (χ4n) is 2.92. The fourth-order valence-corrected chi connectivity index (χ4v) is 2.92. The van der Waals surface area contributed by atoms with Crippen molar-refractivity contribution in [3.63, 3.8) is 0 Å². The average Bonchev–Trinajstić information content (AvgIpc) is 2.66. The van der Waals surface area contributed by atoms with Gasteiger partial charge in [0.2, 0.25) is 5.91 Å². The van der Waals surface area contributed by atoms with Gasteiger partial charge in [0.05, 0.1) is 0 Å². The standard InChI is InChI=1S/C22H29N3O2/c1-5-25(6-2)15-19-9-7-8-18(12-19)14-23-22(27)20-11-10-16(3)21(13-20)24-17(4)26/h7-13H,5-6,14-15H2,1-4H3,(H,23,27)(H,24,26). The van der Waals surface area contributed by atoms with E-state index in [4.69, 9.17) is 0 Å². The zero-order valence-corrected chi connectivity index (χ0v) is 16.6. The predicted molar refractivity (Wildman–Crippen MR) is 110 cm³/mol. The molecule has 0 aliphatic rings. The van der Waals surface area contributed by atoms with Gasteiger partial charge >= 0.3 is 0 Å². The van der Waals surface area contributed by atoms with E-state index in [0.717, 1.165) is 30.8 Å². The predicted octanol–water partition coefficient (Wildman–Crippen LogP) is 3.73. The highest BCUT2D eigenvalue weighted by Gasteiger charge is 2.09. The van der Waals surface area contributed by atoms with Crippen molar-refractivity contribution < 1.29 is 9.59 Å². The van der Waals surface area contributed by atoms with Gasteiger partial charge in [-0.3, -0.25) is 14.5 Å². The first-order valence-corrected chi connectivity index (χ1v) is 9.39.